The minimum Gasteiger partial charge on any atom is -0.391 e. The maximum Gasteiger partial charge on any atom is 0.332 e. The van der Waals surface area contributed by atoms with Gasteiger partial charge in [-0.05, 0) is 50.5 Å². The molecule has 2 N–H and O–H groups in total. The number of carbonyl (C=O) groups excluding carboxylic acids is 1. The van der Waals surface area contributed by atoms with E-state index in [0.717, 1.165) is 28.7 Å². The molecule has 34 heavy (non-hydrogen) atoms. The van der Waals surface area contributed by atoms with Gasteiger partial charge in [0.1, 0.15) is 5.78 Å². The molecule has 1 fully saturated rings. The van der Waals surface area contributed by atoms with Crippen molar-refractivity contribution in [3.8, 4) is 0 Å². The van der Waals surface area contributed by atoms with Crippen LogP contribution in [-0.4, -0.2) is 35.9 Å². The molecule has 0 radical (unpaired) electrons. The number of hydrogen-bond acceptors (Lipinski definition) is 6. The molecule has 1 saturated carbocycles. The second-order valence-electron chi connectivity index (χ2n) is 9.05. The van der Waals surface area contributed by atoms with Crippen LogP contribution in [0.1, 0.15) is 33.1 Å². The normalized spacial score (nSPS) is 17.1. The number of Topliss-reactive ketones (excluding diaryl/α,β-unsaturated/α-hetero) is 1. The molecule has 2 aliphatic rings. The summed E-state index contributed by atoms with van der Waals surface area (Å²) in [4.78, 5) is 38.7. The number of fused-ring (bicyclic) bond motifs is 1. The van der Waals surface area contributed by atoms with Crippen molar-refractivity contribution < 1.29 is 13.2 Å². The molecule has 2 aromatic rings. The molecule has 0 bridgehead atoms. The monoisotopic (exact) mass is 484 g/mol. The molecule has 0 atom stereocenters. The Morgan fingerprint density at radius 3 is 2.53 bits per heavy atom. The lowest BCUT2D eigenvalue weighted by atomic mass is 10.1. The van der Waals surface area contributed by atoms with Gasteiger partial charge in [0.15, 0.2) is 0 Å². The predicted molar refractivity (Wildman–Crippen MR) is 130 cm³/mol. The highest BCUT2D eigenvalue weighted by atomic mass is 32.2. The largest absolute Gasteiger partial charge is 0.391 e. The van der Waals surface area contributed by atoms with E-state index in [1.807, 2.05) is 31.2 Å². The lowest BCUT2D eigenvalue weighted by Gasteiger charge is -2.17. The summed E-state index contributed by atoms with van der Waals surface area (Å²) < 4.78 is 30.8. The number of ketones is 1. The number of sulfonamides is 1. The molecular formula is C24H28N4O5S. The number of allylic oxidation sites excluding steroid dienone is 5. The lowest BCUT2D eigenvalue weighted by molar-refractivity contribution is -0.117. The van der Waals surface area contributed by atoms with Crippen molar-refractivity contribution in [3.05, 3.63) is 74.6 Å². The highest BCUT2D eigenvalue weighted by Gasteiger charge is 2.41. The Morgan fingerprint density at radius 2 is 1.88 bits per heavy atom. The fraction of sp³-hybridized carbons (Fsp3) is 0.375. The standard InChI is InChI=1S/C24H28N4O5S/c1-16(29)14-27-21-10-9-18(34(32,33)26-24(2)11-12-24)13-19(21)22(30)28(23(27)31)15-17-7-5-4-6-8-20(17)25-3/h4-7,9-10,13,25-26H,8,11-12,14-15H2,1-3H3. The van der Waals surface area contributed by atoms with E-state index >= 15 is 0 Å². The van der Waals surface area contributed by atoms with Crippen LogP contribution in [0, 0.1) is 0 Å². The van der Waals surface area contributed by atoms with Gasteiger partial charge in [0.25, 0.3) is 5.56 Å². The molecule has 180 valence electrons. The number of aromatic nitrogens is 2. The summed E-state index contributed by atoms with van der Waals surface area (Å²) in [5, 5.41) is 3.17. The van der Waals surface area contributed by atoms with Gasteiger partial charge in [-0.15, -0.1) is 0 Å². The third-order valence-electron chi connectivity index (χ3n) is 6.15. The molecular weight excluding hydrogens is 456 g/mol. The van der Waals surface area contributed by atoms with Crippen molar-refractivity contribution in [2.45, 2.75) is 56.6 Å². The molecule has 0 amide bonds. The van der Waals surface area contributed by atoms with Crippen LogP contribution in [0.5, 0.6) is 0 Å². The molecule has 2 aliphatic carbocycles. The van der Waals surface area contributed by atoms with Crippen LogP contribution in [0.25, 0.3) is 10.9 Å². The summed E-state index contributed by atoms with van der Waals surface area (Å²) in [6, 6.07) is 4.07. The van der Waals surface area contributed by atoms with Gasteiger partial charge >= 0.3 is 5.69 Å². The first-order valence-corrected chi connectivity index (χ1v) is 12.6. The fourth-order valence-corrected chi connectivity index (χ4v) is 5.50. The maximum absolute atomic E-state index is 13.5. The Kier molecular flexibility index (Phi) is 6.22. The van der Waals surface area contributed by atoms with Crippen LogP contribution < -0.4 is 21.3 Å². The van der Waals surface area contributed by atoms with E-state index in [9.17, 15) is 22.8 Å². The minimum atomic E-state index is -3.86. The third-order valence-corrected chi connectivity index (χ3v) is 7.79. The van der Waals surface area contributed by atoms with E-state index in [2.05, 4.69) is 10.0 Å². The van der Waals surface area contributed by atoms with Crippen molar-refractivity contribution in [1.82, 2.24) is 19.2 Å². The van der Waals surface area contributed by atoms with Crippen molar-refractivity contribution in [2.24, 2.45) is 0 Å². The number of nitrogens with one attached hydrogen (secondary N) is 2. The second kappa shape index (κ2) is 8.84. The predicted octanol–water partition coefficient (Wildman–Crippen LogP) is 1.57. The Hall–Kier alpha value is -3.24. The van der Waals surface area contributed by atoms with Crippen molar-refractivity contribution in [3.63, 3.8) is 0 Å². The summed E-state index contributed by atoms with van der Waals surface area (Å²) in [7, 11) is -2.09. The summed E-state index contributed by atoms with van der Waals surface area (Å²) in [5.41, 5.74) is 0.111. The maximum atomic E-state index is 13.5. The molecule has 0 unspecified atom stereocenters. The van der Waals surface area contributed by atoms with E-state index in [-0.39, 0.29) is 34.7 Å². The number of carbonyl (C=O) groups is 1. The van der Waals surface area contributed by atoms with Gasteiger partial charge in [-0.25, -0.2) is 17.9 Å². The Balaban J connectivity index is 1.92. The number of nitrogens with zero attached hydrogens (tertiary/aromatic N) is 2. The van der Waals surface area contributed by atoms with Crippen LogP contribution in [0.4, 0.5) is 0 Å². The zero-order chi connectivity index (χ0) is 24.7. The Morgan fingerprint density at radius 1 is 1.15 bits per heavy atom. The first-order valence-electron chi connectivity index (χ1n) is 11.1. The molecule has 1 aromatic carbocycles. The number of benzene rings is 1. The smallest absolute Gasteiger partial charge is 0.332 e. The first-order chi connectivity index (χ1) is 16.0. The van der Waals surface area contributed by atoms with Gasteiger partial charge in [0.05, 0.1) is 28.9 Å². The highest BCUT2D eigenvalue weighted by Crippen LogP contribution is 2.36. The number of hydrogen-bond donors (Lipinski definition) is 2. The van der Waals surface area contributed by atoms with Gasteiger partial charge in [-0.2, -0.15) is 0 Å². The molecule has 9 nitrogen and oxygen atoms in total. The van der Waals surface area contributed by atoms with E-state index in [4.69, 9.17) is 0 Å². The zero-order valence-electron chi connectivity index (χ0n) is 19.4. The average Bonchev–Trinajstić information content (AvgIpc) is 3.54. The summed E-state index contributed by atoms with van der Waals surface area (Å²) in [6.07, 6.45) is 9.58. The van der Waals surface area contributed by atoms with E-state index in [1.165, 1.54) is 29.7 Å². The van der Waals surface area contributed by atoms with Crippen LogP contribution in [0.2, 0.25) is 0 Å². The Bertz CT molecular complexity index is 1490. The zero-order valence-corrected chi connectivity index (χ0v) is 20.2. The lowest BCUT2D eigenvalue weighted by Crippen LogP contribution is -2.41. The highest BCUT2D eigenvalue weighted by molar-refractivity contribution is 7.89. The summed E-state index contributed by atoms with van der Waals surface area (Å²) in [6.45, 7) is 2.93. The van der Waals surface area contributed by atoms with Crippen LogP contribution in [0.3, 0.4) is 0 Å². The van der Waals surface area contributed by atoms with Crippen LogP contribution >= 0.6 is 0 Å². The van der Waals surface area contributed by atoms with E-state index in [1.54, 1.807) is 7.05 Å². The average molecular weight is 485 g/mol. The van der Waals surface area contributed by atoms with Crippen molar-refractivity contribution in [1.29, 1.82) is 0 Å². The molecule has 10 heteroatoms. The molecule has 0 saturated heterocycles. The van der Waals surface area contributed by atoms with Gasteiger partial charge in [-0.1, -0.05) is 24.3 Å². The third kappa shape index (κ3) is 4.69. The van der Waals surface area contributed by atoms with Crippen molar-refractivity contribution in [2.75, 3.05) is 7.05 Å². The van der Waals surface area contributed by atoms with Crippen molar-refractivity contribution >= 4 is 26.7 Å². The van der Waals surface area contributed by atoms with Crippen LogP contribution in [-0.2, 0) is 27.9 Å². The molecule has 1 heterocycles. The van der Waals surface area contributed by atoms with Gasteiger partial charge < -0.3 is 5.32 Å². The Labute approximate surface area is 197 Å². The van der Waals surface area contributed by atoms with E-state index in [0.29, 0.717) is 6.42 Å². The SMILES string of the molecule is CNC1=C(Cn2c(=O)c3cc(S(=O)(=O)NC4(C)CC4)ccc3n(CC(C)=O)c2=O)C=CC=CC1. The summed E-state index contributed by atoms with van der Waals surface area (Å²) in [5.74, 6) is -0.262. The molecule has 1 aromatic heterocycles. The molecule has 0 aliphatic heterocycles. The van der Waals surface area contributed by atoms with Gasteiger partial charge in [-0.3, -0.25) is 18.7 Å². The van der Waals surface area contributed by atoms with Gasteiger partial charge in [0, 0.05) is 24.7 Å². The number of rotatable bonds is 8. The van der Waals surface area contributed by atoms with E-state index < -0.39 is 26.8 Å². The second-order valence-corrected chi connectivity index (χ2v) is 10.7. The minimum absolute atomic E-state index is 0.0207. The molecule has 0 spiro atoms. The fourth-order valence-electron chi connectivity index (χ4n) is 4.01. The van der Waals surface area contributed by atoms with Gasteiger partial charge in [0.2, 0.25) is 10.0 Å². The van der Waals surface area contributed by atoms with Crippen LogP contribution in [0.15, 0.2) is 68.3 Å². The first kappa shape index (κ1) is 23.9. The quantitative estimate of drug-likeness (QED) is 0.587. The topological polar surface area (TPSA) is 119 Å². The molecule has 4 rings (SSSR count). The summed E-state index contributed by atoms with van der Waals surface area (Å²) >= 11 is 0.